The van der Waals surface area contributed by atoms with Crippen LogP contribution in [0.3, 0.4) is 0 Å². The molecule has 142 valence electrons. The van der Waals surface area contributed by atoms with Crippen LogP contribution in [0.25, 0.3) is 0 Å². The lowest BCUT2D eigenvalue weighted by Crippen LogP contribution is -2.26. The molecule has 0 bridgehead atoms. The molecule has 2 aliphatic heterocycles. The Morgan fingerprint density at radius 1 is 1.11 bits per heavy atom. The Kier molecular flexibility index (Phi) is 4.91. The molecule has 1 aromatic heterocycles. The normalized spacial score (nSPS) is 16.1. The van der Waals surface area contributed by atoms with Crippen molar-refractivity contribution in [2.75, 3.05) is 30.1 Å². The first-order valence-corrected chi connectivity index (χ1v) is 9.09. The van der Waals surface area contributed by atoms with Crippen LogP contribution < -0.4 is 19.7 Å². The summed E-state index contributed by atoms with van der Waals surface area (Å²) in [7, 11) is 0. The van der Waals surface area contributed by atoms with Crippen molar-refractivity contribution in [2.24, 2.45) is 0 Å². The predicted octanol–water partition coefficient (Wildman–Crippen LogP) is 3.11. The molecule has 0 unspecified atom stereocenters. The minimum absolute atomic E-state index is 0.0693. The Morgan fingerprint density at radius 3 is 2.67 bits per heavy atom. The topological polar surface area (TPSA) is 103 Å². The van der Waals surface area contributed by atoms with Crippen LogP contribution in [0, 0.1) is 10.1 Å². The number of anilines is 2. The van der Waals surface area contributed by atoms with Crippen molar-refractivity contribution in [3.8, 4) is 11.5 Å². The summed E-state index contributed by atoms with van der Waals surface area (Å²) >= 11 is 0. The van der Waals surface area contributed by atoms with Crippen molar-refractivity contribution in [3.63, 3.8) is 0 Å². The van der Waals surface area contributed by atoms with Gasteiger partial charge in [-0.05, 0) is 30.5 Å². The summed E-state index contributed by atoms with van der Waals surface area (Å²) in [6.45, 7) is 2.15. The van der Waals surface area contributed by atoms with E-state index in [1.54, 1.807) is 0 Å². The summed E-state index contributed by atoms with van der Waals surface area (Å²) in [5.41, 5.74) is 0.851. The van der Waals surface area contributed by atoms with E-state index in [9.17, 15) is 10.1 Å². The first kappa shape index (κ1) is 17.3. The molecule has 2 aliphatic rings. The molecule has 0 aliphatic carbocycles. The lowest BCUT2D eigenvalue weighted by Gasteiger charge is -2.21. The van der Waals surface area contributed by atoms with Crippen LogP contribution in [0.5, 0.6) is 11.5 Å². The zero-order valence-corrected chi connectivity index (χ0v) is 14.9. The van der Waals surface area contributed by atoms with Crippen molar-refractivity contribution in [1.29, 1.82) is 0 Å². The van der Waals surface area contributed by atoms with E-state index in [1.807, 2.05) is 23.1 Å². The van der Waals surface area contributed by atoms with Crippen molar-refractivity contribution < 1.29 is 14.4 Å². The van der Waals surface area contributed by atoms with E-state index in [0.717, 1.165) is 44.3 Å². The maximum atomic E-state index is 11.8. The number of hydrogen-bond donors (Lipinski definition) is 1. The minimum atomic E-state index is -0.401. The zero-order chi connectivity index (χ0) is 18.6. The molecule has 1 aromatic carbocycles. The van der Waals surface area contributed by atoms with Gasteiger partial charge in [-0.2, -0.15) is 0 Å². The quantitative estimate of drug-likeness (QED) is 0.632. The number of nitrogens with zero attached hydrogens (tertiary/aromatic N) is 4. The molecule has 0 radical (unpaired) electrons. The van der Waals surface area contributed by atoms with E-state index in [-0.39, 0.29) is 18.3 Å². The number of ether oxygens (including phenoxy) is 2. The van der Waals surface area contributed by atoms with Gasteiger partial charge in [-0.15, -0.1) is 0 Å². The summed E-state index contributed by atoms with van der Waals surface area (Å²) in [5, 5.41) is 14.8. The van der Waals surface area contributed by atoms with Gasteiger partial charge in [-0.1, -0.05) is 18.9 Å². The summed E-state index contributed by atoms with van der Waals surface area (Å²) in [4.78, 5) is 21.7. The Labute approximate surface area is 156 Å². The van der Waals surface area contributed by atoms with Gasteiger partial charge in [0, 0.05) is 19.6 Å². The molecule has 3 heterocycles. The van der Waals surface area contributed by atoms with Gasteiger partial charge < -0.3 is 19.7 Å². The Bertz CT molecular complexity index is 836. The summed E-state index contributed by atoms with van der Waals surface area (Å²) < 4.78 is 10.7. The largest absolute Gasteiger partial charge is 0.454 e. The van der Waals surface area contributed by atoms with Gasteiger partial charge in [0.25, 0.3) is 0 Å². The Hall–Kier alpha value is -3.10. The molecule has 1 saturated heterocycles. The summed E-state index contributed by atoms with van der Waals surface area (Å²) in [6.07, 6.45) is 5.70. The monoisotopic (exact) mass is 371 g/mol. The third-order valence-corrected chi connectivity index (χ3v) is 4.79. The van der Waals surface area contributed by atoms with Crippen LogP contribution in [0.15, 0.2) is 24.5 Å². The second kappa shape index (κ2) is 7.65. The minimum Gasteiger partial charge on any atom is -0.454 e. The molecule has 0 spiro atoms. The molecule has 9 nitrogen and oxygen atoms in total. The highest BCUT2D eigenvalue weighted by Gasteiger charge is 2.27. The Balaban J connectivity index is 1.56. The van der Waals surface area contributed by atoms with Crippen LogP contribution in [-0.4, -0.2) is 34.8 Å². The zero-order valence-electron chi connectivity index (χ0n) is 14.9. The molecule has 27 heavy (non-hydrogen) atoms. The number of nitrogens with one attached hydrogen (secondary N) is 1. The van der Waals surface area contributed by atoms with Gasteiger partial charge in [0.15, 0.2) is 11.5 Å². The molecule has 1 N–H and O–H groups in total. The molecular weight excluding hydrogens is 350 g/mol. The summed E-state index contributed by atoms with van der Waals surface area (Å²) in [6, 6.07) is 5.58. The van der Waals surface area contributed by atoms with Crippen molar-refractivity contribution in [3.05, 3.63) is 40.2 Å². The van der Waals surface area contributed by atoms with E-state index in [4.69, 9.17) is 9.47 Å². The number of benzene rings is 1. The van der Waals surface area contributed by atoms with Crippen LogP contribution >= 0.6 is 0 Å². The van der Waals surface area contributed by atoms with Crippen LogP contribution in [0.4, 0.5) is 17.3 Å². The van der Waals surface area contributed by atoms with E-state index in [2.05, 4.69) is 15.3 Å². The second-order valence-corrected chi connectivity index (χ2v) is 6.59. The smallest absolute Gasteiger partial charge is 0.353 e. The van der Waals surface area contributed by atoms with Crippen LogP contribution in [0.1, 0.15) is 31.2 Å². The maximum Gasteiger partial charge on any atom is 0.353 e. The third-order valence-electron chi connectivity index (χ3n) is 4.79. The first-order chi connectivity index (χ1) is 13.2. The highest BCUT2D eigenvalue weighted by molar-refractivity contribution is 5.70. The van der Waals surface area contributed by atoms with Gasteiger partial charge in [0.05, 0.1) is 4.92 Å². The molecule has 1 fully saturated rings. The SMILES string of the molecule is O=[N+]([O-])c1c(NCc2ccc3c(c2)OCO3)ncnc1N1CCCCCC1. The second-order valence-electron chi connectivity index (χ2n) is 6.59. The fourth-order valence-corrected chi connectivity index (χ4v) is 3.42. The highest BCUT2D eigenvalue weighted by Crippen LogP contribution is 2.35. The average molecular weight is 371 g/mol. The third kappa shape index (κ3) is 3.71. The van der Waals surface area contributed by atoms with E-state index >= 15 is 0 Å². The standard InChI is InChI=1S/C18H21N5O4/c24-23(25)16-17(19-10-13-5-6-14-15(9-13)27-12-26-14)20-11-21-18(16)22-7-3-1-2-4-8-22/h5-6,9,11H,1-4,7-8,10,12H2,(H,19,20,21). The van der Waals surface area contributed by atoms with Crippen LogP contribution in [-0.2, 0) is 6.54 Å². The molecule has 0 amide bonds. The maximum absolute atomic E-state index is 11.8. The fourth-order valence-electron chi connectivity index (χ4n) is 3.42. The molecule has 2 aromatic rings. The lowest BCUT2D eigenvalue weighted by atomic mass is 10.2. The van der Waals surface area contributed by atoms with Crippen molar-refractivity contribution in [2.45, 2.75) is 32.2 Å². The Morgan fingerprint density at radius 2 is 1.89 bits per heavy atom. The first-order valence-electron chi connectivity index (χ1n) is 9.09. The average Bonchev–Trinajstić information content (AvgIpc) is 2.97. The number of nitro groups is 1. The number of aromatic nitrogens is 2. The number of fused-ring (bicyclic) bond motifs is 1. The van der Waals surface area contributed by atoms with E-state index in [1.165, 1.54) is 6.33 Å². The van der Waals surface area contributed by atoms with Crippen molar-refractivity contribution in [1.82, 2.24) is 9.97 Å². The highest BCUT2D eigenvalue weighted by atomic mass is 16.7. The molecule has 0 atom stereocenters. The lowest BCUT2D eigenvalue weighted by molar-refractivity contribution is -0.383. The molecule has 4 rings (SSSR count). The number of rotatable bonds is 5. The van der Waals surface area contributed by atoms with Gasteiger partial charge in [-0.3, -0.25) is 10.1 Å². The predicted molar refractivity (Wildman–Crippen MR) is 99.3 cm³/mol. The van der Waals surface area contributed by atoms with Gasteiger partial charge in [0.1, 0.15) is 6.33 Å². The van der Waals surface area contributed by atoms with Crippen molar-refractivity contribution >= 4 is 17.3 Å². The molecule has 9 heteroatoms. The summed E-state index contributed by atoms with van der Waals surface area (Å²) in [5.74, 6) is 2.00. The van der Waals surface area contributed by atoms with Gasteiger partial charge in [-0.25, -0.2) is 9.97 Å². The van der Waals surface area contributed by atoms with Gasteiger partial charge >= 0.3 is 5.69 Å². The van der Waals surface area contributed by atoms with E-state index < -0.39 is 4.92 Å². The van der Waals surface area contributed by atoms with Gasteiger partial charge in [0.2, 0.25) is 18.4 Å². The van der Waals surface area contributed by atoms with E-state index in [0.29, 0.717) is 23.9 Å². The number of hydrogen-bond acceptors (Lipinski definition) is 8. The molecule has 0 saturated carbocycles. The molecular formula is C18H21N5O4. The van der Waals surface area contributed by atoms with Crippen LogP contribution in [0.2, 0.25) is 0 Å². The fraction of sp³-hybridized carbons (Fsp3) is 0.444.